The van der Waals surface area contributed by atoms with Crippen LogP contribution in [0.15, 0.2) is 36.5 Å². The molecule has 0 aliphatic carbocycles. The number of nitrogens with zero attached hydrogens (tertiary/aromatic N) is 2. The highest BCUT2D eigenvalue weighted by molar-refractivity contribution is 7.89. The van der Waals surface area contributed by atoms with Gasteiger partial charge in [-0.3, -0.25) is 9.69 Å². The molecular weight excluding hydrogens is 472 g/mol. The number of benzene rings is 2. The number of aromatic amines is 1. The van der Waals surface area contributed by atoms with Crippen LogP contribution in [0.25, 0.3) is 22.0 Å². The molecule has 2 aliphatic rings. The number of piperidine rings is 1. The molecule has 0 bridgehead atoms. The van der Waals surface area contributed by atoms with Gasteiger partial charge in [-0.05, 0) is 85.0 Å². The summed E-state index contributed by atoms with van der Waals surface area (Å²) in [6.07, 6.45) is 4.61. The van der Waals surface area contributed by atoms with E-state index in [0.717, 1.165) is 59.9 Å². The molecule has 192 valence electrons. The highest BCUT2D eigenvalue weighted by atomic mass is 32.2. The first-order valence-corrected chi connectivity index (χ1v) is 14.6. The van der Waals surface area contributed by atoms with Crippen LogP contribution in [0, 0.1) is 0 Å². The van der Waals surface area contributed by atoms with Gasteiger partial charge in [0.2, 0.25) is 10.0 Å². The van der Waals surface area contributed by atoms with Gasteiger partial charge < -0.3 is 10.7 Å². The molecule has 3 heterocycles. The molecule has 0 saturated carbocycles. The Morgan fingerprint density at radius 1 is 1.08 bits per heavy atom. The molecular formula is C28H36N4O3S. The fourth-order valence-corrected chi connectivity index (χ4v) is 6.88. The average Bonchev–Trinajstić information content (AvgIpc) is 3.51. The summed E-state index contributed by atoms with van der Waals surface area (Å²) >= 11 is 0. The van der Waals surface area contributed by atoms with Crippen LogP contribution in [0.3, 0.4) is 0 Å². The van der Waals surface area contributed by atoms with Gasteiger partial charge >= 0.3 is 0 Å². The molecule has 0 spiro atoms. The van der Waals surface area contributed by atoms with Crippen LogP contribution < -0.4 is 5.73 Å². The molecule has 1 fully saturated rings. The smallest absolute Gasteiger partial charge is 0.250 e. The molecule has 1 aromatic heterocycles. The first kappa shape index (κ1) is 25.0. The number of nitrogens with two attached hydrogens (primary N) is 1. The lowest BCUT2D eigenvalue weighted by molar-refractivity contribution is 0.100. The van der Waals surface area contributed by atoms with Crippen molar-refractivity contribution in [3.63, 3.8) is 0 Å². The van der Waals surface area contributed by atoms with Crippen LogP contribution in [-0.2, 0) is 23.1 Å². The van der Waals surface area contributed by atoms with Gasteiger partial charge in [-0.25, -0.2) is 12.7 Å². The van der Waals surface area contributed by atoms with Gasteiger partial charge in [-0.1, -0.05) is 19.1 Å². The lowest BCUT2D eigenvalue weighted by Gasteiger charge is -2.31. The quantitative estimate of drug-likeness (QED) is 0.488. The van der Waals surface area contributed by atoms with E-state index in [0.29, 0.717) is 24.7 Å². The van der Waals surface area contributed by atoms with E-state index in [1.165, 1.54) is 11.1 Å². The zero-order valence-corrected chi connectivity index (χ0v) is 22.2. The predicted molar refractivity (Wildman–Crippen MR) is 144 cm³/mol. The molecule has 1 atom stereocenters. The van der Waals surface area contributed by atoms with Crippen molar-refractivity contribution in [2.75, 3.05) is 18.8 Å². The maximum absolute atomic E-state index is 12.4. The summed E-state index contributed by atoms with van der Waals surface area (Å²) in [5.74, 6) is -0.100. The minimum atomic E-state index is -3.17. The molecule has 2 aromatic carbocycles. The number of amides is 1. The number of fused-ring (bicyclic) bond motifs is 2. The first-order valence-electron chi connectivity index (χ1n) is 13.0. The summed E-state index contributed by atoms with van der Waals surface area (Å²) in [5, 5.41) is 1.000. The fourth-order valence-electron chi connectivity index (χ4n) is 5.75. The molecule has 3 N–H and O–H groups in total. The maximum atomic E-state index is 12.4. The number of rotatable bonds is 7. The largest absolute Gasteiger partial charge is 0.366 e. The van der Waals surface area contributed by atoms with Crippen LogP contribution in [0.5, 0.6) is 0 Å². The normalized spacial score (nSPS) is 18.5. The molecule has 1 unspecified atom stereocenters. The number of carbonyl (C=O) groups excluding carboxylic acids is 1. The fraction of sp³-hybridized carbons (Fsp3) is 0.464. The topological polar surface area (TPSA) is 99.5 Å². The minimum absolute atomic E-state index is 0.131. The summed E-state index contributed by atoms with van der Waals surface area (Å²) < 4.78 is 26.2. The number of H-pyrrole nitrogens is 1. The third kappa shape index (κ3) is 4.46. The maximum Gasteiger partial charge on any atom is 0.250 e. The van der Waals surface area contributed by atoms with Gasteiger partial charge in [0.25, 0.3) is 5.91 Å². The summed E-state index contributed by atoms with van der Waals surface area (Å²) in [6, 6.07) is 11.2. The molecule has 36 heavy (non-hydrogen) atoms. The van der Waals surface area contributed by atoms with E-state index < -0.39 is 15.9 Å². The summed E-state index contributed by atoms with van der Waals surface area (Å²) in [5.41, 5.74) is 13.0. The Hall–Kier alpha value is -2.68. The van der Waals surface area contributed by atoms with E-state index in [-0.39, 0.29) is 11.7 Å². The number of nitrogens with one attached hydrogen (secondary N) is 1. The molecule has 3 aromatic rings. The number of carbonyl (C=O) groups is 1. The van der Waals surface area contributed by atoms with Crippen molar-refractivity contribution < 1.29 is 13.2 Å². The SMILES string of the molecule is CCC(C)N1Cc2ccc(-c3cc(C(N)=O)c4[nH]cc(C5CCN(S(=O)(=O)CC)CC5)c4c3)cc2C1. The lowest BCUT2D eigenvalue weighted by Crippen LogP contribution is -2.38. The monoisotopic (exact) mass is 508 g/mol. The lowest BCUT2D eigenvalue weighted by atomic mass is 9.88. The van der Waals surface area contributed by atoms with E-state index >= 15 is 0 Å². The van der Waals surface area contributed by atoms with Crippen molar-refractivity contribution >= 4 is 26.8 Å². The van der Waals surface area contributed by atoms with E-state index in [1.807, 2.05) is 12.3 Å². The van der Waals surface area contributed by atoms with Crippen molar-refractivity contribution in [3.8, 4) is 11.1 Å². The Kier molecular flexibility index (Phi) is 6.70. The highest BCUT2D eigenvalue weighted by Gasteiger charge is 2.29. The Balaban J connectivity index is 1.49. The third-order valence-corrected chi connectivity index (χ3v) is 10.1. The summed E-state index contributed by atoms with van der Waals surface area (Å²) in [7, 11) is -3.17. The van der Waals surface area contributed by atoms with Crippen LogP contribution in [0.4, 0.5) is 0 Å². The van der Waals surface area contributed by atoms with E-state index in [2.05, 4.69) is 48.0 Å². The number of hydrogen-bond acceptors (Lipinski definition) is 4. The molecule has 8 heteroatoms. The Morgan fingerprint density at radius 2 is 1.81 bits per heavy atom. The first-order chi connectivity index (χ1) is 17.2. The van der Waals surface area contributed by atoms with Crippen LogP contribution in [-0.4, -0.2) is 53.4 Å². The molecule has 7 nitrogen and oxygen atoms in total. The molecule has 2 aliphatic heterocycles. The number of aromatic nitrogens is 1. The van der Waals surface area contributed by atoms with Crippen LogP contribution in [0.2, 0.25) is 0 Å². The predicted octanol–water partition coefficient (Wildman–Crippen LogP) is 4.58. The second-order valence-corrected chi connectivity index (χ2v) is 12.5. The van der Waals surface area contributed by atoms with Crippen molar-refractivity contribution in [1.29, 1.82) is 0 Å². The van der Waals surface area contributed by atoms with Gasteiger partial charge in [-0.2, -0.15) is 0 Å². The molecule has 0 radical (unpaired) electrons. The Labute approximate surface area is 213 Å². The second kappa shape index (κ2) is 9.65. The van der Waals surface area contributed by atoms with Gasteiger partial charge in [0.15, 0.2) is 0 Å². The van der Waals surface area contributed by atoms with E-state index in [1.54, 1.807) is 11.2 Å². The number of primary amides is 1. The van der Waals surface area contributed by atoms with Crippen LogP contribution in [0.1, 0.15) is 73.0 Å². The molecule has 5 rings (SSSR count). The number of hydrogen-bond donors (Lipinski definition) is 2. The summed E-state index contributed by atoms with van der Waals surface area (Å²) in [6.45, 7) is 9.15. The number of sulfonamides is 1. The molecule has 1 amide bonds. The van der Waals surface area contributed by atoms with Gasteiger partial charge in [0.1, 0.15) is 0 Å². The van der Waals surface area contributed by atoms with E-state index in [4.69, 9.17) is 5.73 Å². The second-order valence-electron chi connectivity index (χ2n) is 10.3. The van der Waals surface area contributed by atoms with Crippen molar-refractivity contribution in [2.45, 2.75) is 65.1 Å². The third-order valence-electron chi connectivity index (χ3n) is 8.24. The zero-order chi connectivity index (χ0) is 25.6. The van der Waals surface area contributed by atoms with Crippen LogP contribution >= 0.6 is 0 Å². The Morgan fingerprint density at radius 3 is 2.47 bits per heavy atom. The van der Waals surface area contributed by atoms with Crippen molar-refractivity contribution in [1.82, 2.24) is 14.2 Å². The molecule has 1 saturated heterocycles. The zero-order valence-electron chi connectivity index (χ0n) is 21.4. The van der Waals surface area contributed by atoms with E-state index in [9.17, 15) is 13.2 Å². The minimum Gasteiger partial charge on any atom is -0.366 e. The summed E-state index contributed by atoms with van der Waals surface area (Å²) in [4.78, 5) is 18.2. The van der Waals surface area contributed by atoms with Gasteiger partial charge in [0, 0.05) is 43.8 Å². The Bertz CT molecular complexity index is 1400. The van der Waals surface area contributed by atoms with Crippen molar-refractivity contribution in [2.24, 2.45) is 5.73 Å². The highest BCUT2D eigenvalue weighted by Crippen LogP contribution is 2.38. The van der Waals surface area contributed by atoms with Gasteiger partial charge in [-0.15, -0.1) is 0 Å². The average molecular weight is 509 g/mol. The standard InChI is InChI=1S/C28H36N4O3S/c1-4-18(3)31-16-21-7-6-20(12-23(21)17-31)22-13-24-26(15-30-27(24)25(14-22)28(29)33)19-8-10-32(11-9-19)36(34,35)5-2/h6-7,12-15,18-19,30H,4-5,8-11,16-17H2,1-3H3,(H2,29,33). The van der Waals surface area contributed by atoms with Crippen molar-refractivity contribution in [3.05, 3.63) is 58.8 Å². The van der Waals surface area contributed by atoms with Gasteiger partial charge in [0.05, 0.1) is 16.8 Å².